The number of hydrogen-bond acceptors (Lipinski definition) is 4. The molecule has 0 atom stereocenters. The summed E-state index contributed by atoms with van der Waals surface area (Å²) in [6.07, 6.45) is 10.6. The van der Waals surface area contributed by atoms with Crippen molar-refractivity contribution < 1.29 is 30.0 Å². The summed E-state index contributed by atoms with van der Waals surface area (Å²) in [5.41, 5.74) is 4.70. The van der Waals surface area contributed by atoms with Gasteiger partial charge in [-0.15, -0.1) is 46.2 Å². The molecule has 3 aromatic carbocycles. The Bertz CT molecular complexity index is 2070. The number of aromatic nitrogens is 1. The van der Waals surface area contributed by atoms with Crippen molar-refractivity contribution in [2.24, 2.45) is 21.7 Å². The van der Waals surface area contributed by atoms with Gasteiger partial charge in [0.15, 0.2) is 5.78 Å². The topological polar surface area (TPSA) is 50.2 Å². The van der Waals surface area contributed by atoms with E-state index in [0.29, 0.717) is 16.7 Å². The molecule has 2 aromatic heterocycles. The van der Waals surface area contributed by atoms with Gasteiger partial charge in [-0.2, -0.15) is 0 Å². The number of aliphatic hydroxyl groups excluding tert-OH is 1. The van der Waals surface area contributed by atoms with Gasteiger partial charge in [-0.3, -0.25) is 4.79 Å². The third kappa shape index (κ3) is 9.17. The van der Waals surface area contributed by atoms with Crippen LogP contribution in [0.25, 0.3) is 42.9 Å². The smallest absolute Gasteiger partial charge is 0.164 e. The number of pyridine rings is 1. The molecule has 1 fully saturated rings. The molecule has 0 amide bonds. The van der Waals surface area contributed by atoms with Crippen LogP contribution >= 0.6 is 11.3 Å². The van der Waals surface area contributed by atoms with Gasteiger partial charge in [0.05, 0.1) is 0 Å². The minimum atomic E-state index is -0.337. The van der Waals surface area contributed by atoms with E-state index in [-0.39, 0.29) is 42.5 Å². The molecule has 1 aliphatic rings. The predicted octanol–water partition coefficient (Wildman–Crippen LogP) is 14.7. The molecule has 0 saturated heterocycles. The van der Waals surface area contributed by atoms with E-state index < -0.39 is 0 Å². The molecule has 1 aliphatic carbocycles. The fourth-order valence-electron chi connectivity index (χ4n) is 8.76. The quantitative estimate of drug-likeness (QED) is 0.0694. The van der Waals surface area contributed by atoms with Crippen molar-refractivity contribution in [3.8, 4) is 11.3 Å². The van der Waals surface area contributed by atoms with Crippen LogP contribution in [-0.4, -0.2) is 15.9 Å². The van der Waals surface area contributed by atoms with E-state index in [9.17, 15) is 9.90 Å². The number of aliphatic hydroxyl groups is 1. The zero-order valence-corrected chi connectivity index (χ0v) is 37.6. The van der Waals surface area contributed by atoms with E-state index in [1.165, 1.54) is 62.5 Å². The number of fused-ring (bicyclic) bond motifs is 5. The van der Waals surface area contributed by atoms with Crippen molar-refractivity contribution in [3.05, 3.63) is 88.6 Å². The number of carbonyl (C=O) groups excluding carboxylic acids is 1. The van der Waals surface area contributed by atoms with Crippen LogP contribution in [0.2, 0.25) is 0 Å². The van der Waals surface area contributed by atoms with E-state index in [0.717, 1.165) is 42.5 Å². The first-order chi connectivity index (χ1) is 24.4. The second-order valence-corrected chi connectivity index (χ2v) is 18.9. The molecule has 287 valence electrons. The second-order valence-electron chi connectivity index (χ2n) is 17.8. The Hall–Kier alpha value is -2.85. The van der Waals surface area contributed by atoms with E-state index in [2.05, 4.69) is 96.1 Å². The minimum absolute atomic E-state index is 0. The number of carbonyl (C=O) groups is 1. The van der Waals surface area contributed by atoms with Crippen molar-refractivity contribution in [1.82, 2.24) is 4.98 Å². The van der Waals surface area contributed by atoms with E-state index in [1.54, 1.807) is 4.88 Å². The number of nitrogens with zero attached hydrogens (tertiary/aromatic N) is 1. The normalized spacial score (nSPS) is 16.3. The van der Waals surface area contributed by atoms with Gasteiger partial charge in [-0.1, -0.05) is 107 Å². The Labute approximate surface area is 337 Å². The molecule has 3 nitrogen and oxygen atoms in total. The molecule has 0 spiro atoms. The molecule has 1 radical (unpaired) electrons. The van der Waals surface area contributed by atoms with Crippen molar-refractivity contribution in [2.45, 2.75) is 134 Å². The number of aryl methyl sites for hydroxylation is 2. The van der Waals surface area contributed by atoms with Crippen molar-refractivity contribution in [1.29, 1.82) is 0 Å². The Morgan fingerprint density at radius 1 is 0.849 bits per heavy atom. The summed E-state index contributed by atoms with van der Waals surface area (Å²) < 4.78 is 1.43. The zero-order valence-electron chi connectivity index (χ0n) is 34.3. The van der Waals surface area contributed by atoms with E-state index in [1.807, 2.05) is 59.1 Å². The van der Waals surface area contributed by atoms with Gasteiger partial charge in [-0.25, -0.2) is 0 Å². The van der Waals surface area contributed by atoms with Crippen LogP contribution in [0.3, 0.4) is 0 Å². The maximum Gasteiger partial charge on any atom is 0.164 e. The number of hydrogen-bond donors (Lipinski definition) is 1. The monoisotopic (exact) mass is 909 g/mol. The first-order valence-corrected chi connectivity index (χ1v) is 20.4. The van der Waals surface area contributed by atoms with Crippen molar-refractivity contribution >= 4 is 48.8 Å². The standard InChI is InChI=1S/C33H34NS.C15H28O2.Ir/c1-20-13-21(2)15-23(14-20)30-27-9-10-28-25(26(27)11-12-34-30)8-7-22-16-29(35-31(22)28)24-17-32(3,4)19-33(5,6)18-24;1-7-14(5,8-2)12(16)11-13(17)15(6,9-3)10-4;/h7-14,16,24H,17-19H2,1-6H3;11,16H,7-10H2,1-6H3;/q-1;;/b;12-11-;. The first kappa shape index (κ1) is 42.9. The number of allylic oxidation sites excluding steroid dienone is 2. The van der Waals surface area contributed by atoms with Gasteiger partial charge in [-0.05, 0) is 101 Å². The molecule has 5 aromatic rings. The average Bonchev–Trinajstić information content (AvgIpc) is 3.54. The summed E-state index contributed by atoms with van der Waals surface area (Å²) in [5.74, 6) is 0.936. The van der Waals surface area contributed by atoms with Crippen LogP contribution < -0.4 is 0 Å². The zero-order chi connectivity index (χ0) is 38.2. The van der Waals surface area contributed by atoms with Crippen molar-refractivity contribution in [2.75, 3.05) is 0 Å². The predicted molar refractivity (Wildman–Crippen MR) is 226 cm³/mol. The van der Waals surface area contributed by atoms with Gasteiger partial charge >= 0.3 is 0 Å². The fraction of sp³-hybridized carbons (Fsp3) is 0.500. The molecule has 5 heteroatoms. The summed E-state index contributed by atoms with van der Waals surface area (Å²) in [5, 5.41) is 16.7. The molecule has 6 rings (SSSR count). The molecule has 0 unspecified atom stereocenters. The van der Waals surface area contributed by atoms with Crippen LogP contribution in [0.5, 0.6) is 0 Å². The molecule has 2 heterocycles. The molecule has 0 bridgehead atoms. The third-order valence-corrected chi connectivity index (χ3v) is 13.8. The van der Waals surface area contributed by atoms with E-state index >= 15 is 0 Å². The summed E-state index contributed by atoms with van der Waals surface area (Å²) in [7, 11) is 0. The van der Waals surface area contributed by atoms with Crippen LogP contribution in [0.4, 0.5) is 0 Å². The van der Waals surface area contributed by atoms with Gasteiger partial charge in [0.1, 0.15) is 5.76 Å². The third-order valence-electron chi connectivity index (χ3n) is 12.4. The Morgan fingerprint density at radius 3 is 2.00 bits per heavy atom. The molecule has 53 heavy (non-hydrogen) atoms. The van der Waals surface area contributed by atoms with Gasteiger partial charge in [0, 0.05) is 58.2 Å². The molecule has 1 N–H and O–H groups in total. The second kappa shape index (κ2) is 16.5. The minimum Gasteiger partial charge on any atom is -0.512 e. The molecule has 1 saturated carbocycles. The van der Waals surface area contributed by atoms with Crippen molar-refractivity contribution in [3.63, 3.8) is 0 Å². The average molecular weight is 909 g/mol. The summed E-state index contributed by atoms with van der Waals surface area (Å²) in [6.45, 7) is 26.1. The molecular formula is C48H62IrNO2S-. The maximum atomic E-state index is 12.2. The van der Waals surface area contributed by atoms with Gasteiger partial charge in [0.25, 0.3) is 0 Å². The Kier molecular flexibility index (Phi) is 13.3. The molecular weight excluding hydrogens is 847 g/mol. The van der Waals surface area contributed by atoms with Crippen LogP contribution in [0.1, 0.15) is 136 Å². The largest absolute Gasteiger partial charge is 0.512 e. The summed E-state index contributed by atoms with van der Waals surface area (Å²) in [4.78, 5) is 18.5. The number of ketones is 1. The van der Waals surface area contributed by atoms with E-state index in [4.69, 9.17) is 4.98 Å². The maximum absolute atomic E-state index is 12.2. The Balaban J connectivity index is 0.000000299. The number of rotatable bonds is 9. The SMILES string of the molecule is CCC(C)(CC)C(=O)/C=C(\O)C(C)(CC)CC.Cc1[c-]c(-c2nccc3c2ccc2c3ccc3cc(C4CC(C)(C)CC(C)(C)C4)sc32)cc(C)c1.[Ir]. The van der Waals surface area contributed by atoms with Crippen LogP contribution in [0.15, 0.2) is 66.6 Å². The van der Waals surface area contributed by atoms with Crippen LogP contribution in [0, 0.1) is 41.6 Å². The summed E-state index contributed by atoms with van der Waals surface area (Å²) >= 11 is 2.03. The number of thiophene rings is 1. The van der Waals surface area contributed by atoms with Crippen LogP contribution in [-0.2, 0) is 24.9 Å². The van der Waals surface area contributed by atoms with Gasteiger partial charge < -0.3 is 10.1 Å². The summed E-state index contributed by atoms with van der Waals surface area (Å²) in [6, 6.07) is 21.8. The fourth-order valence-corrected chi connectivity index (χ4v) is 10.0. The first-order valence-electron chi connectivity index (χ1n) is 19.6. The number of benzene rings is 3. The molecule has 0 aliphatic heterocycles. The van der Waals surface area contributed by atoms with Gasteiger partial charge in [0.2, 0.25) is 0 Å². The Morgan fingerprint density at radius 2 is 1.42 bits per heavy atom.